The van der Waals surface area contributed by atoms with Gasteiger partial charge in [0.1, 0.15) is 5.78 Å². The van der Waals surface area contributed by atoms with Gasteiger partial charge in [0, 0.05) is 41.1 Å². The van der Waals surface area contributed by atoms with Crippen LogP contribution in [0.2, 0.25) is 0 Å². The van der Waals surface area contributed by atoms with Crippen LogP contribution in [0.25, 0.3) is 0 Å². The van der Waals surface area contributed by atoms with Crippen molar-refractivity contribution in [1.29, 1.82) is 0 Å². The summed E-state index contributed by atoms with van der Waals surface area (Å²) in [5.74, 6) is -2.44. The largest absolute Gasteiger partial charge is 0.481 e. The minimum atomic E-state index is -1.03. The molecule has 37 heavy (non-hydrogen) atoms. The first-order chi connectivity index (χ1) is 16.9. The van der Waals surface area contributed by atoms with Crippen molar-refractivity contribution < 1.29 is 34.5 Å². The normalized spacial score (nSPS) is 42.1. The van der Waals surface area contributed by atoms with Crippen LogP contribution < -0.4 is 0 Å². The molecule has 0 aliphatic heterocycles. The first-order valence-electron chi connectivity index (χ1n) is 13.5. The Hall–Kier alpha value is -2.12. The highest BCUT2D eigenvalue weighted by molar-refractivity contribution is 6.01. The lowest BCUT2D eigenvalue weighted by molar-refractivity contribution is -0.145. The van der Waals surface area contributed by atoms with Gasteiger partial charge in [0.2, 0.25) is 0 Å². The van der Waals surface area contributed by atoms with E-state index in [1.165, 1.54) is 13.0 Å². The zero-order valence-electron chi connectivity index (χ0n) is 23.2. The Morgan fingerprint density at radius 2 is 1.70 bits per heavy atom. The van der Waals surface area contributed by atoms with Crippen LogP contribution in [0.15, 0.2) is 22.8 Å². The summed E-state index contributed by atoms with van der Waals surface area (Å²) in [6.07, 6.45) is 1.42. The van der Waals surface area contributed by atoms with E-state index in [0.717, 1.165) is 5.57 Å². The van der Waals surface area contributed by atoms with Crippen LogP contribution in [-0.4, -0.2) is 50.8 Å². The lowest BCUT2D eigenvalue weighted by Crippen LogP contribution is -2.60. The molecule has 2 saturated carbocycles. The second-order valence-electron chi connectivity index (χ2n) is 13.5. The van der Waals surface area contributed by atoms with E-state index in [0.29, 0.717) is 36.8 Å². The number of allylic oxidation sites excluding steroid dienone is 3. The fraction of sp³-hybridized carbons (Fsp3) is 0.733. The fourth-order valence-electron chi connectivity index (χ4n) is 8.77. The van der Waals surface area contributed by atoms with Crippen molar-refractivity contribution in [2.24, 2.45) is 39.4 Å². The average Bonchev–Trinajstić information content (AvgIpc) is 2.99. The number of aliphatic hydroxyl groups excluding tert-OH is 2. The Kier molecular flexibility index (Phi) is 6.56. The summed E-state index contributed by atoms with van der Waals surface area (Å²) in [5, 5.41) is 32.4. The van der Waals surface area contributed by atoms with Gasteiger partial charge in [-0.1, -0.05) is 47.1 Å². The molecule has 0 aromatic rings. The summed E-state index contributed by atoms with van der Waals surface area (Å²) in [5.41, 5.74) is -0.855. The molecule has 0 spiro atoms. The Labute approximate surface area is 219 Å². The summed E-state index contributed by atoms with van der Waals surface area (Å²) in [6, 6.07) is 0. The highest BCUT2D eigenvalue weighted by Gasteiger charge is 2.69. The van der Waals surface area contributed by atoms with Crippen LogP contribution >= 0.6 is 0 Å². The van der Waals surface area contributed by atoms with E-state index in [1.54, 1.807) is 0 Å². The Balaban J connectivity index is 1.80. The molecule has 2 fully saturated rings. The van der Waals surface area contributed by atoms with Crippen LogP contribution in [0.1, 0.15) is 87.0 Å². The van der Waals surface area contributed by atoms with Crippen molar-refractivity contribution in [3.8, 4) is 0 Å². The summed E-state index contributed by atoms with van der Waals surface area (Å²) in [4.78, 5) is 50.7. The zero-order chi connectivity index (χ0) is 27.9. The molecule has 7 nitrogen and oxygen atoms in total. The maximum absolute atomic E-state index is 14.0. The molecule has 0 aromatic carbocycles. The number of carboxylic acids is 1. The maximum atomic E-state index is 14.0. The number of rotatable bonds is 5. The molecule has 7 heteroatoms. The predicted molar refractivity (Wildman–Crippen MR) is 137 cm³/mol. The van der Waals surface area contributed by atoms with Crippen LogP contribution in [0.3, 0.4) is 0 Å². The Bertz CT molecular complexity index is 1130. The molecular formula is C30H42O7. The van der Waals surface area contributed by atoms with Crippen molar-refractivity contribution in [2.45, 2.75) is 99.2 Å². The van der Waals surface area contributed by atoms with Gasteiger partial charge in [-0.25, -0.2) is 0 Å². The molecule has 4 aliphatic carbocycles. The Morgan fingerprint density at radius 3 is 2.30 bits per heavy atom. The van der Waals surface area contributed by atoms with E-state index in [1.807, 2.05) is 34.6 Å². The van der Waals surface area contributed by atoms with Gasteiger partial charge in [-0.2, -0.15) is 0 Å². The number of hydrogen-bond donors (Lipinski definition) is 3. The molecule has 0 unspecified atom stereocenters. The third-order valence-electron chi connectivity index (χ3n) is 11.2. The second kappa shape index (κ2) is 8.70. The van der Waals surface area contributed by atoms with E-state index in [2.05, 4.69) is 6.92 Å². The molecule has 0 amide bonds. The Morgan fingerprint density at radius 1 is 1.08 bits per heavy atom. The van der Waals surface area contributed by atoms with Crippen molar-refractivity contribution in [3.05, 3.63) is 22.8 Å². The fourth-order valence-corrected chi connectivity index (χ4v) is 8.77. The molecule has 8 atom stereocenters. The van der Waals surface area contributed by atoms with Gasteiger partial charge >= 0.3 is 5.97 Å². The third-order valence-corrected chi connectivity index (χ3v) is 11.2. The third kappa shape index (κ3) is 3.75. The first kappa shape index (κ1) is 27.9. The number of aliphatic carboxylic acids is 1. The SMILES string of the molecule is C/C(=C/C(=O)C[C@H](C)C(=O)O)[C@H]1C[C@H](O)[C@@]2(C)C3=C(C(=O)C[C@]12C)[C@@]1(C)CCC(=O)C(C)(C)[C@H]1C[C@@H]3O. The number of carbonyl (C=O) groups excluding carboxylic acids is 3. The van der Waals surface area contributed by atoms with Crippen LogP contribution in [-0.2, 0) is 19.2 Å². The van der Waals surface area contributed by atoms with E-state index in [4.69, 9.17) is 5.11 Å². The van der Waals surface area contributed by atoms with E-state index in [9.17, 15) is 29.4 Å². The number of aliphatic hydroxyl groups is 2. The second-order valence-corrected chi connectivity index (χ2v) is 13.5. The molecule has 0 heterocycles. The standard InChI is InChI=1S/C30H42O7/c1-15(10-17(31)11-16(2)26(36)37)18-12-23(35)30(7)25-19(32)13-21-27(3,4)22(34)8-9-28(21,5)24(25)20(33)14-29(18,30)6/h10,16,18-19,21,23,32,35H,8-9,11-14H2,1-7H3,(H,36,37)/b15-10-/t16-,18+,19-,21+,23-,28-,29+,30-/m0/s1. The molecule has 0 radical (unpaired) electrons. The van der Waals surface area contributed by atoms with Gasteiger partial charge < -0.3 is 15.3 Å². The molecule has 3 N–H and O–H groups in total. The molecular weight excluding hydrogens is 472 g/mol. The molecule has 0 bridgehead atoms. The monoisotopic (exact) mass is 514 g/mol. The number of hydrogen-bond acceptors (Lipinski definition) is 6. The topological polar surface area (TPSA) is 129 Å². The minimum Gasteiger partial charge on any atom is -0.481 e. The average molecular weight is 515 g/mol. The smallest absolute Gasteiger partial charge is 0.306 e. The van der Waals surface area contributed by atoms with E-state index < -0.39 is 45.8 Å². The van der Waals surface area contributed by atoms with Gasteiger partial charge in [-0.05, 0) is 55.1 Å². The van der Waals surface area contributed by atoms with Crippen LogP contribution in [0.5, 0.6) is 0 Å². The van der Waals surface area contributed by atoms with Crippen LogP contribution in [0.4, 0.5) is 0 Å². The highest BCUT2D eigenvalue weighted by atomic mass is 16.4. The predicted octanol–water partition coefficient (Wildman–Crippen LogP) is 4.05. The molecule has 0 aromatic heterocycles. The van der Waals surface area contributed by atoms with Gasteiger partial charge in [0.05, 0.1) is 18.1 Å². The number of ketones is 3. The van der Waals surface area contributed by atoms with Crippen molar-refractivity contribution >= 4 is 23.3 Å². The summed E-state index contributed by atoms with van der Waals surface area (Å²) < 4.78 is 0. The van der Waals surface area contributed by atoms with Crippen molar-refractivity contribution in [1.82, 2.24) is 0 Å². The van der Waals surface area contributed by atoms with Gasteiger partial charge in [-0.3, -0.25) is 19.2 Å². The van der Waals surface area contributed by atoms with Crippen molar-refractivity contribution in [2.75, 3.05) is 0 Å². The van der Waals surface area contributed by atoms with Crippen molar-refractivity contribution in [3.63, 3.8) is 0 Å². The van der Waals surface area contributed by atoms with Crippen LogP contribution in [0, 0.1) is 39.4 Å². The summed E-state index contributed by atoms with van der Waals surface area (Å²) >= 11 is 0. The molecule has 4 rings (SSSR count). The van der Waals surface area contributed by atoms with E-state index >= 15 is 0 Å². The summed E-state index contributed by atoms with van der Waals surface area (Å²) in [6.45, 7) is 13.1. The van der Waals surface area contributed by atoms with Gasteiger partial charge in [0.15, 0.2) is 11.6 Å². The minimum absolute atomic E-state index is 0.0379. The maximum Gasteiger partial charge on any atom is 0.306 e. The number of Topliss-reactive ketones (excluding diaryl/α,β-unsaturated/α-hetero) is 2. The number of carboxylic acid groups (broad SMARTS) is 1. The lowest BCUT2D eigenvalue weighted by atomic mass is 9.42. The summed E-state index contributed by atoms with van der Waals surface area (Å²) in [7, 11) is 0. The van der Waals surface area contributed by atoms with Gasteiger partial charge in [-0.15, -0.1) is 0 Å². The van der Waals surface area contributed by atoms with Gasteiger partial charge in [0.25, 0.3) is 0 Å². The number of carbonyl (C=O) groups is 4. The quantitative estimate of drug-likeness (QED) is 0.472. The molecule has 4 aliphatic rings. The molecule has 0 saturated heterocycles. The highest BCUT2D eigenvalue weighted by Crippen LogP contribution is 2.71. The zero-order valence-corrected chi connectivity index (χ0v) is 23.2. The van der Waals surface area contributed by atoms with E-state index in [-0.39, 0.29) is 42.0 Å². The molecule has 204 valence electrons. The first-order valence-corrected chi connectivity index (χ1v) is 13.5. The number of fused-ring (bicyclic) bond motifs is 4. The lowest BCUT2D eigenvalue weighted by Gasteiger charge is -2.61.